The Kier molecular flexibility index (Phi) is 6.35. The van der Waals surface area contributed by atoms with E-state index < -0.39 is 17.8 Å². The van der Waals surface area contributed by atoms with Gasteiger partial charge in [0, 0.05) is 6.42 Å². The number of rotatable bonds is 6. The third kappa shape index (κ3) is 4.75. The molecule has 0 aromatic carbocycles. The first-order chi connectivity index (χ1) is 14.5. The van der Waals surface area contributed by atoms with Crippen molar-refractivity contribution in [2.45, 2.75) is 116 Å². The average Bonchev–Trinajstić information content (AvgIpc) is 3.35. The lowest BCUT2D eigenvalue weighted by Gasteiger charge is -2.45. The highest BCUT2D eigenvalue weighted by Crippen LogP contribution is 2.70. The number of fused-ring (bicyclic) bond motifs is 1. The summed E-state index contributed by atoms with van der Waals surface area (Å²) in [6, 6.07) is 0. The van der Waals surface area contributed by atoms with Gasteiger partial charge >= 0.3 is 0 Å². The Morgan fingerprint density at radius 1 is 1.13 bits per heavy atom. The number of allylic oxidation sites excluding steroid dienone is 3. The van der Waals surface area contributed by atoms with Crippen LogP contribution in [0.1, 0.15) is 97.8 Å². The molecule has 31 heavy (non-hydrogen) atoms. The molecule has 4 aliphatic rings. The molecule has 0 radical (unpaired) electrons. The smallest absolute Gasteiger partial charge is 0.0811 e. The van der Waals surface area contributed by atoms with E-state index in [2.05, 4.69) is 25.7 Å². The zero-order valence-corrected chi connectivity index (χ0v) is 20.0. The standard InChI is InChI=1S/C28H44O3/c1-19-21(17-22(29)18-24(19)30)9-8-20-7-5-13-27(4)23(20)10-11-25(27)28(15-16-28)14-6-12-26(2,3)31/h8-9,22-25,29-31H,1,5-7,10-18H2,2-4H3/b20-8+,21-9-/t22-,23+,24+,25+,27+/m1/s1. The molecule has 0 aromatic rings. The van der Waals surface area contributed by atoms with Crippen LogP contribution in [0.25, 0.3) is 0 Å². The van der Waals surface area contributed by atoms with Crippen LogP contribution in [0.15, 0.2) is 35.5 Å². The Morgan fingerprint density at radius 2 is 1.87 bits per heavy atom. The van der Waals surface area contributed by atoms with Gasteiger partial charge in [-0.1, -0.05) is 37.6 Å². The summed E-state index contributed by atoms with van der Waals surface area (Å²) in [6.45, 7) is 10.5. The van der Waals surface area contributed by atoms with Crippen molar-refractivity contribution in [3.63, 3.8) is 0 Å². The molecule has 3 heteroatoms. The van der Waals surface area contributed by atoms with Gasteiger partial charge in [0.25, 0.3) is 0 Å². The van der Waals surface area contributed by atoms with Crippen LogP contribution in [0.3, 0.4) is 0 Å². The highest BCUT2D eigenvalue weighted by Gasteiger charge is 2.60. The molecule has 0 bridgehead atoms. The molecule has 5 atom stereocenters. The number of hydrogen-bond acceptors (Lipinski definition) is 3. The van der Waals surface area contributed by atoms with Gasteiger partial charge in [0.2, 0.25) is 0 Å². The SMILES string of the molecule is C=C1/C(=C\C=C2/CCC[C@]3(C)[C@@H](C4(CCCC(C)(C)O)CC4)CC[C@@H]23)C[C@@H](O)C[C@@H]1O. The van der Waals surface area contributed by atoms with E-state index in [1.807, 2.05) is 13.8 Å². The number of aliphatic hydroxyl groups excluding tert-OH is 2. The lowest BCUT2D eigenvalue weighted by molar-refractivity contribution is 0.0521. The molecule has 0 amide bonds. The normalized spacial score (nSPS) is 40.4. The minimum absolute atomic E-state index is 0.399. The molecule has 4 fully saturated rings. The lowest BCUT2D eigenvalue weighted by Crippen LogP contribution is -2.37. The van der Waals surface area contributed by atoms with E-state index in [1.165, 1.54) is 51.4 Å². The zero-order valence-electron chi connectivity index (χ0n) is 20.0. The maximum Gasteiger partial charge on any atom is 0.0811 e. The first-order valence-electron chi connectivity index (χ1n) is 12.7. The van der Waals surface area contributed by atoms with Crippen LogP contribution in [0.2, 0.25) is 0 Å². The van der Waals surface area contributed by atoms with E-state index in [9.17, 15) is 15.3 Å². The van der Waals surface area contributed by atoms with Crippen molar-refractivity contribution < 1.29 is 15.3 Å². The first kappa shape index (κ1) is 23.3. The Labute approximate surface area is 189 Å². The highest BCUT2D eigenvalue weighted by atomic mass is 16.3. The molecule has 0 unspecified atom stereocenters. The van der Waals surface area contributed by atoms with Gasteiger partial charge in [-0.15, -0.1) is 0 Å². The largest absolute Gasteiger partial charge is 0.393 e. The van der Waals surface area contributed by atoms with Crippen LogP contribution in [-0.4, -0.2) is 33.1 Å². The van der Waals surface area contributed by atoms with Crippen molar-refractivity contribution in [1.82, 2.24) is 0 Å². The Balaban J connectivity index is 1.49. The van der Waals surface area contributed by atoms with Gasteiger partial charge < -0.3 is 15.3 Å². The van der Waals surface area contributed by atoms with Gasteiger partial charge in [0.05, 0.1) is 17.8 Å². The third-order valence-corrected chi connectivity index (χ3v) is 9.32. The second kappa shape index (κ2) is 8.47. The van der Waals surface area contributed by atoms with Gasteiger partial charge in [0.1, 0.15) is 0 Å². The van der Waals surface area contributed by atoms with Crippen LogP contribution in [0.4, 0.5) is 0 Å². The highest BCUT2D eigenvalue weighted by molar-refractivity contribution is 5.38. The molecule has 0 aliphatic heterocycles. The summed E-state index contributed by atoms with van der Waals surface area (Å²) in [4.78, 5) is 0. The second-order valence-corrected chi connectivity index (χ2v) is 12.1. The molecule has 3 N–H and O–H groups in total. The van der Waals surface area contributed by atoms with Gasteiger partial charge in [-0.05, 0) is 112 Å². The fourth-order valence-corrected chi connectivity index (χ4v) is 7.52. The number of aliphatic hydroxyl groups is 3. The molecule has 4 rings (SSSR count). The average molecular weight is 429 g/mol. The molecule has 4 saturated carbocycles. The monoisotopic (exact) mass is 428 g/mol. The minimum Gasteiger partial charge on any atom is -0.393 e. The van der Waals surface area contributed by atoms with Crippen molar-refractivity contribution in [1.29, 1.82) is 0 Å². The van der Waals surface area contributed by atoms with Gasteiger partial charge in [-0.25, -0.2) is 0 Å². The van der Waals surface area contributed by atoms with Gasteiger partial charge in [0.15, 0.2) is 0 Å². The maximum absolute atomic E-state index is 10.2. The van der Waals surface area contributed by atoms with Gasteiger partial charge in [-0.2, -0.15) is 0 Å². The van der Waals surface area contributed by atoms with Crippen LogP contribution < -0.4 is 0 Å². The first-order valence-corrected chi connectivity index (χ1v) is 12.7. The van der Waals surface area contributed by atoms with E-state index in [-0.39, 0.29) is 0 Å². The summed E-state index contributed by atoms with van der Waals surface area (Å²) >= 11 is 0. The van der Waals surface area contributed by atoms with E-state index in [4.69, 9.17) is 0 Å². The second-order valence-electron chi connectivity index (χ2n) is 12.1. The summed E-state index contributed by atoms with van der Waals surface area (Å²) in [5.74, 6) is 1.48. The molecule has 0 saturated heterocycles. The fraction of sp³-hybridized carbons (Fsp3) is 0.786. The summed E-state index contributed by atoms with van der Waals surface area (Å²) in [6.07, 6.45) is 16.9. The zero-order chi connectivity index (χ0) is 22.4. The predicted molar refractivity (Wildman–Crippen MR) is 127 cm³/mol. The van der Waals surface area contributed by atoms with Crippen molar-refractivity contribution in [2.24, 2.45) is 22.7 Å². The molecule has 4 aliphatic carbocycles. The third-order valence-electron chi connectivity index (χ3n) is 9.32. The summed E-state index contributed by atoms with van der Waals surface area (Å²) in [5.41, 5.74) is 3.77. The molecular weight excluding hydrogens is 384 g/mol. The van der Waals surface area contributed by atoms with E-state index in [0.29, 0.717) is 29.6 Å². The van der Waals surface area contributed by atoms with Crippen LogP contribution in [-0.2, 0) is 0 Å². The Hall–Kier alpha value is -0.900. The Morgan fingerprint density at radius 3 is 2.55 bits per heavy atom. The minimum atomic E-state index is -0.612. The predicted octanol–water partition coefficient (Wildman–Crippen LogP) is 5.85. The van der Waals surface area contributed by atoms with Crippen molar-refractivity contribution >= 4 is 0 Å². The maximum atomic E-state index is 10.2. The molecule has 0 heterocycles. The topological polar surface area (TPSA) is 60.7 Å². The summed E-state index contributed by atoms with van der Waals surface area (Å²) in [5, 5.41) is 30.4. The lowest BCUT2D eigenvalue weighted by atomic mass is 9.59. The van der Waals surface area contributed by atoms with Crippen molar-refractivity contribution in [3.8, 4) is 0 Å². The van der Waals surface area contributed by atoms with E-state index in [1.54, 1.807) is 5.57 Å². The van der Waals surface area contributed by atoms with Crippen molar-refractivity contribution in [3.05, 3.63) is 35.5 Å². The molecule has 0 spiro atoms. The van der Waals surface area contributed by atoms with Crippen LogP contribution in [0, 0.1) is 22.7 Å². The van der Waals surface area contributed by atoms with Crippen molar-refractivity contribution in [2.75, 3.05) is 0 Å². The molecule has 3 nitrogen and oxygen atoms in total. The quantitative estimate of drug-likeness (QED) is 0.497. The molecular formula is C28H44O3. The molecule has 0 aromatic heterocycles. The molecule has 174 valence electrons. The van der Waals surface area contributed by atoms with E-state index in [0.717, 1.165) is 29.9 Å². The van der Waals surface area contributed by atoms with E-state index >= 15 is 0 Å². The number of hydrogen-bond donors (Lipinski definition) is 3. The van der Waals surface area contributed by atoms with Gasteiger partial charge in [-0.3, -0.25) is 0 Å². The van der Waals surface area contributed by atoms with Crippen LogP contribution in [0.5, 0.6) is 0 Å². The summed E-state index contributed by atoms with van der Waals surface area (Å²) in [7, 11) is 0. The van der Waals surface area contributed by atoms with Crippen LogP contribution >= 0.6 is 0 Å². The fourth-order valence-electron chi connectivity index (χ4n) is 7.52. The Bertz CT molecular complexity index is 751. The summed E-state index contributed by atoms with van der Waals surface area (Å²) < 4.78 is 0.